The molecule has 2 rings (SSSR count). The Bertz CT molecular complexity index is 480. The van der Waals surface area contributed by atoms with E-state index in [0.717, 1.165) is 76.8 Å². The van der Waals surface area contributed by atoms with E-state index in [1.165, 1.54) is 44.9 Å². The van der Waals surface area contributed by atoms with Crippen LogP contribution in [0.5, 0.6) is 0 Å². The van der Waals surface area contributed by atoms with Crippen molar-refractivity contribution in [2.75, 3.05) is 52.5 Å². The third-order valence-corrected chi connectivity index (χ3v) is 7.43. The van der Waals surface area contributed by atoms with E-state index in [1.807, 2.05) is 0 Å². The van der Waals surface area contributed by atoms with Gasteiger partial charge in [0.05, 0.1) is 26.1 Å². The molecule has 0 saturated carbocycles. The zero-order valence-electron chi connectivity index (χ0n) is 21.5. The first-order valence-electron chi connectivity index (χ1n) is 13.9. The molecule has 6 heteroatoms. The summed E-state index contributed by atoms with van der Waals surface area (Å²) in [6, 6.07) is 0. The molecule has 0 radical (unpaired) electrons. The summed E-state index contributed by atoms with van der Waals surface area (Å²) in [5.74, 6) is 1.64. The molecule has 0 amide bonds. The SMILES string of the molecule is C.CCCCOC(=O)CCN1CCC(CCCC2CCN(CCC(=O)OCCCC)CC2)CC1. The predicted molar refractivity (Wildman–Crippen MR) is 140 cm³/mol. The normalized spacial score (nSPS) is 18.4. The van der Waals surface area contributed by atoms with Gasteiger partial charge in [0.1, 0.15) is 0 Å². The molecule has 0 spiro atoms. The minimum absolute atomic E-state index is 0. The van der Waals surface area contributed by atoms with E-state index in [4.69, 9.17) is 9.47 Å². The lowest BCUT2D eigenvalue weighted by molar-refractivity contribution is -0.145. The van der Waals surface area contributed by atoms with Crippen molar-refractivity contribution in [3.05, 3.63) is 0 Å². The van der Waals surface area contributed by atoms with Gasteiger partial charge in [-0.15, -0.1) is 0 Å². The molecular formula is C28H54N2O4. The first-order chi connectivity index (χ1) is 16.1. The van der Waals surface area contributed by atoms with Crippen LogP contribution < -0.4 is 0 Å². The van der Waals surface area contributed by atoms with E-state index in [2.05, 4.69) is 23.6 Å². The number of unbranched alkanes of at least 4 members (excludes halogenated alkanes) is 2. The van der Waals surface area contributed by atoms with Crippen LogP contribution in [0.15, 0.2) is 0 Å². The summed E-state index contributed by atoms with van der Waals surface area (Å²) in [7, 11) is 0. The first-order valence-corrected chi connectivity index (χ1v) is 13.9. The third kappa shape index (κ3) is 13.7. The fourth-order valence-corrected chi connectivity index (χ4v) is 5.00. The first kappa shape index (κ1) is 30.9. The highest BCUT2D eigenvalue weighted by molar-refractivity contribution is 5.69. The van der Waals surface area contributed by atoms with Gasteiger partial charge >= 0.3 is 11.9 Å². The Hall–Kier alpha value is -1.14. The van der Waals surface area contributed by atoms with Crippen LogP contribution in [0.2, 0.25) is 0 Å². The highest BCUT2D eigenvalue weighted by Gasteiger charge is 2.22. The van der Waals surface area contributed by atoms with Crippen molar-refractivity contribution in [3.63, 3.8) is 0 Å². The largest absolute Gasteiger partial charge is 0.466 e. The van der Waals surface area contributed by atoms with Crippen molar-refractivity contribution >= 4 is 11.9 Å². The fraction of sp³-hybridized carbons (Fsp3) is 0.929. The molecule has 2 aliphatic heterocycles. The van der Waals surface area contributed by atoms with Gasteiger partial charge in [-0.25, -0.2) is 0 Å². The summed E-state index contributed by atoms with van der Waals surface area (Å²) in [5.41, 5.74) is 0. The molecule has 0 aromatic heterocycles. The molecule has 34 heavy (non-hydrogen) atoms. The van der Waals surface area contributed by atoms with E-state index in [1.54, 1.807) is 0 Å². The van der Waals surface area contributed by atoms with Gasteiger partial charge < -0.3 is 19.3 Å². The monoisotopic (exact) mass is 482 g/mol. The molecule has 2 heterocycles. The molecule has 200 valence electrons. The highest BCUT2D eigenvalue weighted by Crippen LogP contribution is 2.27. The van der Waals surface area contributed by atoms with E-state index >= 15 is 0 Å². The second kappa shape index (κ2) is 19.1. The number of nitrogens with zero attached hydrogens (tertiary/aromatic N) is 2. The van der Waals surface area contributed by atoms with Crippen LogP contribution in [0.25, 0.3) is 0 Å². The summed E-state index contributed by atoms with van der Waals surface area (Å²) in [6.45, 7) is 11.6. The maximum absolute atomic E-state index is 11.8. The van der Waals surface area contributed by atoms with Crippen LogP contribution in [-0.4, -0.2) is 74.2 Å². The van der Waals surface area contributed by atoms with Gasteiger partial charge in [0.25, 0.3) is 0 Å². The number of esters is 2. The number of hydrogen-bond acceptors (Lipinski definition) is 6. The Morgan fingerprint density at radius 2 is 1.06 bits per heavy atom. The van der Waals surface area contributed by atoms with Gasteiger partial charge in [-0.3, -0.25) is 9.59 Å². The molecule has 0 aromatic rings. The minimum Gasteiger partial charge on any atom is -0.466 e. The van der Waals surface area contributed by atoms with Crippen molar-refractivity contribution in [2.45, 2.75) is 105 Å². The lowest BCUT2D eigenvalue weighted by atomic mass is 9.87. The van der Waals surface area contributed by atoms with E-state index in [0.29, 0.717) is 26.1 Å². The molecule has 6 nitrogen and oxygen atoms in total. The standard InChI is InChI=1S/C27H50N2O4.CH4/c1-3-5-22-32-26(30)14-20-28-16-10-24(11-17-28)8-7-9-25-12-18-29(19-13-25)21-15-27(31)33-23-6-4-2;/h24-25H,3-23H2,1-2H3;1H4. The molecule has 0 atom stereocenters. The number of piperidine rings is 2. The number of carbonyl (C=O) groups excluding carboxylic acids is 2. The smallest absolute Gasteiger partial charge is 0.307 e. The summed E-state index contributed by atoms with van der Waals surface area (Å²) in [6.07, 6.45) is 14.3. The van der Waals surface area contributed by atoms with Gasteiger partial charge in [-0.05, 0) is 76.5 Å². The van der Waals surface area contributed by atoms with Crippen LogP contribution in [0.1, 0.15) is 105 Å². The number of hydrogen-bond donors (Lipinski definition) is 0. The van der Waals surface area contributed by atoms with Gasteiger partial charge in [0, 0.05) is 13.1 Å². The second-order valence-electron chi connectivity index (χ2n) is 10.1. The lowest BCUT2D eigenvalue weighted by Gasteiger charge is -2.33. The number of carbonyl (C=O) groups is 2. The van der Waals surface area contributed by atoms with Crippen molar-refractivity contribution in [1.29, 1.82) is 0 Å². The third-order valence-electron chi connectivity index (χ3n) is 7.43. The maximum atomic E-state index is 11.8. The Morgan fingerprint density at radius 3 is 1.41 bits per heavy atom. The molecule has 2 saturated heterocycles. The zero-order valence-corrected chi connectivity index (χ0v) is 21.5. The summed E-state index contributed by atoms with van der Waals surface area (Å²) in [4.78, 5) is 28.4. The van der Waals surface area contributed by atoms with Crippen molar-refractivity contribution < 1.29 is 19.1 Å². The zero-order chi connectivity index (χ0) is 23.7. The number of likely N-dealkylation sites (tertiary alicyclic amines) is 2. The van der Waals surface area contributed by atoms with Gasteiger partial charge in [-0.2, -0.15) is 0 Å². The lowest BCUT2D eigenvalue weighted by Crippen LogP contribution is -2.36. The quantitative estimate of drug-likeness (QED) is 0.208. The molecule has 2 fully saturated rings. The van der Waals surface area contributed by atoms with E-state index in [9.17, 15) is 9.59 Å². The summed E-state index contributed by atoms with van der Waals surface area (Å²) < 4.78 is 10.5. The van der Waals surface area contributed by atoms with Crippen LogP contribution in [0.4, 0.5) is 0 Å². The average molecular weight is 483 g/mol. The maximum Gasteiger partial charge on any atom is 0.307 e. The predicted octanol–water partition coefficient (Wildman–Crippen LogP) is 5.68. The summed E-state index contributed by atoms with van der Waals surface area (Å²) >= 11 is 0. The molecule has 2 aliphatic rings. The average Bonchev–Trinajstić information content (AvgIpc) is 2.83. The van der Waals surface area contributed by atoms with E-state index in [-0.39, 0.29) is 19.4 Å². The molecule has 0 N–H and O–H groups in total. The van der Waals surface area contributed by atoms with Crippen LogP contribution in [0.3, 0.4) is 0 Å². The minimum atomic E-state index is -0.0384. The topological polar surface area (TPSA) is 59.1 Å². The van der Waals surface area contributed by atoms with Crippen LogP contribution in [0, 0.1) is 11.8 Å². The van der Waals surface area contributed by atoms with Gasteiger partial charge in [0.15, 0.2) is 0 Å². The Balaban J connectivity index is 0.00000578. The molecule has 0 aromatic carbocycles. The molecule has 0 unspecified atom stereocenters. The molecule has 0 aliphatic carbocycles. The van der Waals surface area contributed by atoms with Gasteiger partial charge in [0.2, 0.25) is 0 Å². The Labute approximate surface area is 210 Å². The van der Waals surface area contributed by atoms with Gasteiger partial charge in [-0.1, -0.05) is 53.4 Å². The fourth-order valence-electron chi connectivity index (χ4n) is 5.00. The molecular weight excluding hydrogens is 428 g/mol. The highest BCUT2D eigenvalue weighted by atomic mass is 16.5. The number of ether oxygens (including phenoxy) is 2. The van der Waals surface area contributed by atoms with Crippen molar-refractivity contribution in [2.24, 2.45) is 11.8 Å². The number of rotatable bonds is 16. The Kier molecular flexibility index (Phi) is 17.4. The Morgan fingerprint density at radius 1 is 0.676 bits per heavy atom. The van der Waals surface area contributed by atoms with E-state index < -0.39 is 0 Å². The van der Waals surface area contributed by atoms with Crippen molar-refractivity contribution in [3.8, 4) is 0 Å². The van der Waals surface area contributed by atoms with Crippen molar-refractivity contribution in [1.82, 2.24) is 9.80 Å². The van der Waals surface area contributed by atoms with Crippen LogP contribution >= 0.6 is 0 Å². The van der Waals surface area contributed by atoms with Crippen LogP contribution in [-0.2, 0) is 19.1 Å². The molecule has 0 bridgehead atoms. The second-order valence-corrected chi connectivity index (χ2v) is 10.1. The summed E-state index contributed by atoms with van der Waals surface area (Å²) in [5, 5.41) is 0.